The fraction of sp³-hybridized carbons (Fsp3) is 0.250. The monoisotopic (exact) mass is 215 g/mol. The van der Waals surface area contributed by atoms with Crippen LogP contribution in [-0.4, -0.2) is 21.3 Å². The molecule has 0 saturated heterocycles. The number of hydrogen-bond donors (Lipinski definition) is 0. The van der Waals surface area contributed by atoms with Gasteiger partial charge in [0.1, 0.15) is 5.69 Å². The summed E-state index contributed by atoms with van der Waals surface area (Å²) in [4.78, 5) is 10.6. The van der Waals surface area contributed by atoms with Gasteiger partial charge in [0, 0.05) is 0 Å². The van der Waals surface area contributed by atoms with Gasteiger partial charge in [0.05, 0.1) is 12.2 Å². The molecule has 0 spiro atoms. The first kappa shape index (κ1) is 10.5. The number of rotatable bonds is 3. The Morgan fingerprint density at radius 2 is 2.06 bits per heavy atom. The number of carbonyl (C=O) groups excluding carboxylic acids is 1. The lowest BCUT2D eigenvalue weighted by atomic mass is 10.1. The topological polar surface area (TPSA) is 47.8 Å². The molecule has 2 rings (SSSR count). The zero-order valence-corrected chi connectivity index (χ0v) is 9.34. The summed E-state index contributed by atoms with van der Waals surface area (Å²) in [5.41, 5.74) is 3.62. The van der Waals surface area contributed by atoms with E-state index >= 15 is 0 Å². The van der Waals surface area contributed by atoms with Crippen molar-refractivity contribution in [2.75, 3.05) is 0 Å². The van der Waals surface area contributed by atoms with Gasteiger partial charge in [0.25, 0.3) is 0 Å². The van der Waals surface area contributed by atoms with Crippen molar-refractivity contribution < 1.29 is 4.79 Å². The Hall–Kier alpha value is -1.97. The summed E-state index contributed by atoms with van der Waals surface area (Å²) in [6.07, 6.45) is 0.733. The first-order valence-corrected chi connectivity index (χ1v) is 5.12. The van der Waals surface area contributed by atoms with E-state index in [4.69, 9.17) is 0 Å². The van der Waals surface area contributed by atoms with Crippen molar-refractivity contribution in [1.82, 2.24) is 15.0 Å². The SMILES string of the molecule is Cc1ccccc1Cn1nnc(C=O)c1C. The molecule has 16 heavy (non-hydrogen) atoms. The second-order valence-corrected chi connectivity index (χ2v) is 3.76. The Balaban J connectivity index is 2.31. The van der Waals surface area contributed by atoms with E-state index in [0.717, 1.165) is 12.0 Å². The molecule has 1 aromatic heterocycles. The summed E-state index contributed by atoms with van der Waals surface area (Å²) in [7, 11) is 0. The third kappa shape index (κ3) is 1.86. The standard InChI is InChI=1S/C12H13N3O/c1-9-5-3-4-6-11(9)7-15-10(2)12(8-16)13-14-15/h3-6,8H,7H2,1-2H3. The second-order valence-electron chi connectivity index (χ2n) is 3.76. The summed E-state index contributed by atoms with van der Waals surface area (Å²) in [5.74, 6) is 0. The zero-order valence-electron chi connectivity index (χ0n) is 9.34. The highest BCUT2D eigenvalue weighted by molar-refractivity contribution is 5.72. The molecular formula is C12H13N3O. The second kappa shape index (κ2) is 4.26. The minimum atomic E-state index is 0.411. The van der Waals surface area contributed by atoms with Crippen molar-refractivity contribution >= 4 is 6.29 Å². The molecule has 0 bridgehead atoms. The number of aromatic nitrogens is 3. The van der Waals surface area contributed by atoms with Gasteiger partial charge in [0.2, 0.25) is 0 Å². The molecule has 0 unspecified atom stereocenters. The highest BCUT2D eigenvalue weighted by Crippen LogP contribution is 2.10. The van der Waals surface area contributed by atoms with Crippen LogP contribution in [0.15, 0.2) is 24.3 Å². The molecule has 0 radical (unpaired) electrons. The fourth-order valence-electron chi connectivity index (χ4n) is 1.58. The number of carbonyl (C=O) groups is 1. The number of hydrogen-bond acceptors (Lipinski definition) is 3. The maximum absolute atomic E-state index is 10.6. The first-order valence-electron chi connectivity index (χ1n) is 5.12. The lowest BCUT2D eigenvalue weighted by molar-refractivity contribution is 0.111. The van der Waals surface area contributed by atoms with Crippen molar-refractivity contribution in [2.24, 2.45) is 0 Å². The van der Waals surface area contributed by atoms with Crippen LogP contribution in [0.1, 0.15) is 27.3 Å². The van der Waals surface area contributed by atoms with E-state index in [-0.39, 0.29) is 0 Å². The van der Waals surface area contributed by atoms with Gasteiger partial charge in [-0.2, -0.15) is 0 Å². The van der Waals surface area contributed by atoms with E-state index in [9.17, 15) is 4.79 Å². The van der Waals surface area contributed by atoms with Crippen LogP contribution in [0.5, 0.6) is 0 Å². The lowest BCUT2D eigenvalue weighted by Gasteiger charge is -2.06. The predicted octanol–water partition coefficient (Wildman–Crippen LogP) is 1.76. The number of aryl methyl sites for hydroxylation is 1. The van der Waals surface area contributed by atoms with E-state index < -0.39 is 0 Å². The minimum Gasteiger partial charge on any atom is -0.296 e. The molecule has 0 aliphatic carbocycles. The molecular weight excluding hydrogens is 202 g/mol. The van der Waals surface area contributed by atoms with Crippen LogP contribution in [0, 0.1) is 13.8 Å². The number of benzene rings is 1. The molecule has 0 N–H and O–H groups in total. The predicted molar refractivity (Wildman–Crippen MR) is 60.4 cm³/mol. The van der Waals surface area contributed by atoms with E-state index in [0.29, 0.717) is 12.2 Å². The molecule has 4 heteroatoms. The minimum absolute atomic E-state index is 0.411. The van der Waals surface area contributed by atoms with Crippen molar-refractivity contribution in [3.05, 3.63) is 46.8 Å². The molecule has 82 valence electrons. The van der Waals surface area contributed by atoms with Crippen molar-refractivity contribution in [1.29, 1.82) is 0 Å². The average molecular weight is 215 g/mol. The number of aldehydes is 1. The van der Waals surface area contributed by atoms with Gasteiger partial charge in [-0.25, -0.2) is 4.68 Å². The zero-order chi connectivity index (χ0) is 11.5. The van der Waals surface area contributed by atoms with Crippen LogP contribution >= 0.6 is 0 Å². The summed E-state index contributed by atoms with van der Waals surface area (Å²) >= 11 is 0. The summed E-state index contributed by atoms with van der Waals surface area (Å²) in [5, 5.41) is 7.76. The van der Waals surface area contributed by atoms with Crippen LogP contribution in [0.2, 0.25) is 0 Å². The Morgan fingerprint density at radius 1 is 1.31 bits per heavy atom. The van der Waals surface area contributed by atoms with Crippen LogP contribution < -0.4 is 0 Å². The van der Waals surface area contributed by atoms with Gasteiger partial charge in [-0.05, 0) is 25.0 Å². The Morgan fingerprint density at radius 3 is 2.69 bits per heavy atom. The van der Waals surface area contributed by atoms with Crippen molar-refractivity contribution in [3.8, 4) is 0 Å². The Labute approximate surface area is 93.9 Å². The fourth-order valence-corrected chi connectivity index (χ4v) is 1.58. The summed E-state index contributed by atoms with van der Waals surface area (Å²) in [6, 6.07) is 8.11. The molecule has 0 aliphatic heterocycles. The van der Waals surface area contributed by atoms with Crippen molar-refractivity contribution in [2.45, 2.75) is 20.4 Å². The van der Waals surface area contributed by atoms with E-state index in [1.165, 1.54) is 11.1 Å². The highest BCUT2D eigenvalue weighted by atomic mass is 16.1. The Kier molecular flexibility index (Phi) is 2.81. The van der Waals surface area contributed by atoms with Crippen LogP contribution in [0.3, 0.4) is 0 Å². The molecule has 1 aromatic carbocycles. The van der Waals surface area contributed by atoms with E-state index in [2.05, 4.69) is 29.4 Å². The quantitative estimate of drug-likeness (QED) is 0.733. The lowest BCUT2D eigenvalue weighted by Crippen LogP contribution is -2.05. The van der Waals surface area contributed by atoms with Crippen LogP contribution in [0.4, 0.5) is 0 Å². The molecule has 0 amide bonds. The molecule has 0 atom stereocenters. The third-order valence-corrected chi connectivity index (χ3v) is 2.71. The smallest absolute Gasteiger partial charge is 0.172 e. The van der Waals surface area contributed by atoms with Crippen LogP contribution in [-0.2, 0) is 6.54 Å². The van der Waals surface area contributed by atoms with Gasteiger partial charge in [0.15, 0.2) is 6.29 Å². The first-order chi connectivity index (χ1) is 7.72. The van der Waals surface area contributed by atoms with Crippen molar-refractivity contribution in [3.63, 3.8) is 0 Å². The van der Waals surface area contributed by atoms with Crippen LogP contribution in [0.25, 0.3) is 0 Å². The molecule has 0 fully saturated rings. The summed E-state index contributed by atoms with van der Waals surface area (Å²) < 4.78 is 1.74. The molecule has 0 aliphatic rings. The molecule has 2 aromatic rings. The molecule has 0 saturated carbocycles. The largest absolute Gasteiger partial charge is 0.296 e. The highest BCUT2D eigenvalue weighted by Gasteiger charge is 2.08. The van der Waals surface area contributed by atoms with Gasteiger partial charge < -0.3 is 0 Å². The van der Waals surface area contributed by atoms with Gasteiger partial charge in [-0.1, -0.05) is 29.5 Å². The van der Waals surface area contributed by atoms with Gasteiger partial charge in [-0.15, -0.1) is 5.10 Å². The third-order valence-electron chi connectivity index (χ3n) is 2.71. The van der Waals surface area contributed by atoms with Gasteiger partial charge >= 0.3 is 0 Å². The average Bonchev–Trinajstić information content (AvgIpc) is 2.63. The van der Waals surface area contributed by atoms with Gasteiger partial charge in [-0.3, -0.25) is 4.79 Å². The van der Waals surface area contributed by atoms with E-state index in [1.807, 2.05) is 19.1 Å². The maximum atomic E-state index is 10.6. The molecule has 4 nitrogen and oxygen atoms in total. The normalized spacial score (nSPS) is 10.4. The number of nitrogens with zero attached hydrogens (tertiary/aromatic N) is 3. The summed E-state index contributed by atoms with van der Waals surface area (Å²) in [6.45, 7) is 4.56. The maximum Gasteiger partial charge on any atom is 0.172 e. The Bertz CT molecular complexity index is 517. The molecule has 1 heterocycles. The van der Waals surface area contributed by atoms with E-state index in [1.54, 1.807) is 4.68 Å².